The molecule has 0 atom stereocenters. The number of carbonyl (C=O) groups is 2. The van der Waals surface area contributed by atoms with Crippen molar-refractivity contribution in [3.8, 4) is 0 Å². The molecule has 7 nitrogen and oxygen atoms in total. The summed E-state index contributed by atoms with van der Waals surface area (Å²) in [6, 6.07) is 7.85. The summed E-state index contributed by atoms with van der Waals surface area (Å²) in [5.41, 5.74) is 2.93. The summed E-state index contributed by atoms with van der Waals surface area (Å²) in [6.07, 6.45) is 1.54. The molecule has 23 heavy (non-hydrogen) atoms. The molecule has 0 aliphatic heterocycles. The van der Waals surface area contributed by atoms with Gasteiger partial charge >= 0.3 is 11.9 Å². The van der Waals surface area contributed by atoms with E-state index in [4.69, 9.17) is 10.2 Å². The number of aromatic nitrogens is 1. The number of aryl methyl sites for hydroxylation is 1. The first-order valence-electron chi connectivity index (χ1n) is 7.24. The van der Waals surface area contributed by atoms with E-state index in [0.29, 0.717) is 0 Å². The molecular formula is C16H19N3O4. The predicted molar refractivity (Wildman–Crippen MR) is 86.8 cm³/mol. The Kier molecular flexibility index (Phi) is 5.00. The maximum atomic E-state index is 10.8. The van der Waals surface area contributed by atoms with E-state index in [0.717, 1.165) is 33.7 Å². The first-order valence-corrected chi connectivity index (χ1v) is 7.24. The monoisotopic (exact) mass is 317 g/mol. The first-order chi connectivity index (χ1) is 10.9. The largest absolute Gasteiger partial charge is 0.480 e. The number of aliphatic carboxylic acids is 2. The van der Waals surface area contributed by atoms with Gasteiger partial charge in [-0.25, -0.2) is 0 Å². The van der Waals surface area contributed by atoms with Crippen LogP contribution in [-0.2, 0) is 16.1 Å². The third-order valence-electron chi connectivity index (χ3n) is 3.58. The van der Waals surface area contributed by atoms with Crippen LogP contribution >= 0.6 is 0 Å². The highest BCUT2D eigenvalue weighted by Crippen LogP contribution is 2.24. The van der Waals surface area contributed by atoms with E-state index in [1.807, 2.05) is 38.1 Å². The van der Waals surface area contributed by atoms with Gasteiger partial charge in [-0.3, -0.25) is 14.6 Å². The highest BCUT2D eigenvalue weighted by molar-refractivity contribution is 6.01. The molecule has 1 heterocycles. The molecule has 0 unspecified atom stereocenters. The van der Waals surface area contributed by atoms with E-state index in [-0.39, 0.29) is 0 Å². The van der Waals surface area contributed by atoms with E-state index in [9.17, 15) is 9.59 Å². The molecule has 2 aromatic rings. The lowest BCUT2D eigenvalue weighted by atomic mass is 10.1. The van der Waals surface area contributed by atoms with Crippen molar-refractivity contribution in [2.24, 2.45) is 5.10 Å². The van der Waals surface area contributed by atoms with E-state index < -0.39 is 25.0 Å². The first kappa shape index (κ1) is 16.5. The summed E-state index contributed by atoms with van der Waals surface area (Å²) >= 11 is 0. The Morgan fingerprint density at radius 2 is 1.83 bits per heavy atom. The number of rotatable bonds is 7. The molecule has 0 saturated carbocycles. The van der Waals surface area contributed by atoms with Gasteiger partial charge in [0.2, 0.25) is 0 Å². The number of nitrogens with zero attached hydrogens (tertiary/aromatic N) is 3. The topological polar surface area (TPSA) is 95.1 Å². The SMILES string of the molecule is CCn1c(C)c(/C=N\N(CC(=O)O)CC(=O)O)c2ccccc21. The van der Waals surface area contributed by atoms with Crippen LogP contribution in [-0.4, -0.2) is 51.0 Å². The zero-order valence-electron chi connectivity index (χ0n) is 13.1. The molecule has 0 radical (unpaired) electrons. The van der Waals surface area contributed by atoms with Crippen LogP contribution in [0.2, 0.25) is 0 Å². The van der Waals surface area contributed by atoms with Crippen LogP contribution in [0.15, 0.2) is 29.4 Å². The Bertz CT molecular complexity index is 748. The van der Waals surface area contributed by atoms with E-state index >= 15 is 0 Å². The van der Waals surface area contributed by atoms with Crippen molar-refractivity contribution in [3.63, 3.8) is 0 Å². The van der Waals surface area contributed by atoms with Crippen molar-refractivity contribution in [3.05, 3.63) is 35.5 Å². The zero-order valence-corrected chi connectivity index (χ0v) is 13.1. The summed E-state index contributed by atoms with van der Waals surface area (Å²) in [6.45, 7) is 3.88. The Morgan fingerprint density at radius 1 is 1.22 bits per heavy atom. The molecule has 0 fully saturated rings. The van der Waals surface area contributed by atoms with Crippen LogP contribution < -0.4 is 0 Å². The maximum Gasteiger partial charge on any atom is 0.324 e. The average molecular weight is 317 g/mol. The van der Waals surface area contributed by atoms with Gasteiger partial charge in [-0.15, -0.1) is 0 Å². The fourth-order valence-corrected chi connectivity index (χ4v) is 2.62. The van der Waals surface area contributed by atoms with Crippen LogP contribution in [0.3, 0.4) is 0 Å². The lowest BCUT2D eigenvalue weighted by Gasteiger charge is -2.13. The molecule has 7 heteroatoms. The number of carboxylic acids is 2. The number of carboxylic acid groups (broad SMARTS) is 2. The third kappa shape index (κ3) is 3.68. The standard InChI is InChI=1S/C16H19N3O4/c1-3-19-11(2)13(12-6-4-5-7-14(12)19)8-17-18(9-15(20)21)10-16(22)23/h4-8H,3,9-10H2,1-2H3,(H,20,21)(H,22,23)/b17-8-. The third-order valence-corrected chi connectivity index (χ3v) is 3.58. The fourth-order valence-electron chi connectivity index (χ4n) is 2.62. The van der Waals surface area contributed by atoms with Gasteiger partial charge in [-0.05, 0) is 19.9 Å². The second-order valence-corrected chi connectivity index (χ2v) is 5.12. The van der Waals surface area contributed by atoms with Gasteiger partial charge in [0, 0.05) is 28.7 Å². The number of hydrazone groups is 1. The number of para-hydroxylation sites is 1. The number of fused-ring (bicyclic) bond motifs is 1. The van der Waals surface area contributed by atoms with Crippen molar-refractivity contribution in [2.75, 3.05) is 13.1 Å². The minimum atomic E-state index is -1.13. The molecule has 1 aromatic carbocycles. The summed E-state index contributed by atoms with van der Waals surface area (Å²) < 4.78 is 2.13. The molecular weight excluding hydrogens is 298 g/mol. The van der Waals surface area contributed by atoms with Crippen molar-refractivity contribution >= 4 is 29.1 Å². The molecule has 2 rings (SSSR count). The second kappa shape index (κ2) is 6.95. The van der Waals surface area contributed by atoms with Crippen molar-refractivity contribution in [1.29, 1.82) is 0 Å². The van der Waals surface area contributed by atoms with Crippen LogP contribution in [0.5, 0.6) is 0 Å². The summed E-state index contributed by atoms with van der Waals surface area (Å²) in [5.74, 6) is -2.26. The quantitative estimate of drug-likeness (QED) is 0.599. The summed E-state index contributed by atoms with van der Waals surface area (Å²) in [5, 5.41) is 23.8. The van der Waals surface area contributed by atoms with Gasteiger partial charge in [0.15, 0.2) is 0 Å². The van der Waals surface area contributed by atoms with Crippen LogP contribution in [0.4, 0.5) is 0 Å². The smallest absolute Gasteiger partial charge is 0.324 e. The van der Waals surface area contributed by atoms with Crippen LogP contribution in [0.25, 0.3) is 10.9 Å². The lowest BCUT2D eigenvalue weighted by Crippen LogP contribution is -2.30. The lowest BCUT2D eigenvalue weighted by molar-refractivity contribution is -0.141. The molecule has 0 aliphatic rings. The minimum absolute atomic E-state index is 0.464. The van der Waals surface area contributed by atoms with E-state index in [1.54, 1.807) is 0 Å². The van der Waals surface area contributed by atoms with E-state index in [1.165, 1.54) is 6.21 Å². The fraction of sp³-hybridized carbons (Fsp3) is 0.312. The number of hydrogen-bond donors (Lipinski definition) is 2. The van der Waals surface area contributed by atoms with E-state index in [2.05, 4.69) is 9.67 Å². The number of hydrogen-bond acceptors (Lipinski definition) is 4. The zero-order chi connectivity index (χ0) is 17.0. The van der Waals surface area contributed by atoms with Gasteiger partial charge in [-0.2, -0.15) is 5.10 Å². The van der Waals surface area contributed by atoms with Crippen molar-refractivity contribution < 1.29 is 19.8 Å². The molecule has 0 aliphatic carbocycles. The van der Waals surface area contributed by atoms with Crippen LogP contribution in [0, 0.1) is 6.92 Å². The molecule has 0 spiro atoms. The Morgan fingerprint density at radius 3 is 2.39 bits per heavy atom. The van der Waals surface area contributed by atoms with Crippen LogP contribution in [0.1, 0.15) is 18.2 Å². The molecule has 122 valence electrons. The Labute approximate surface area is 133 Å². The highest BCUT2D eigenvalue weighted by atomic mass is 16.4. The molecule has 2 N–H and O–H groups in total. The molecule has 1 aromatic heterocycles. The average Bonchev–Trinajstić information content (AvgIpc) is 2.75. The van der Waals surface area contributed by atoms with Crippen molar-refractivity contribution in [1.82, 2.24) is 9.58 Å². The highest BCUT2D eigenvalue weighted by Gasteiger charge is 2.13. The second-order valence-electron chi connectivity index (χ2n) is 5.12. The van der Waals surface area contributed by atoms with Gasteiger partial charge in [0.25, 0.3) is 0 Å². The summed E-state index contributed by atoms with van der Waals surface area (Å²) in [4.78, 5) is 21.6. The van der Waals surface area contributed by atoms with Gasteiger partial charge in [0.05, 0.1) is 6.21 Å². The van der Waals surface area contributed by atoms with Gasteiger partial charge in [-0.1, -0.05) is 18.2 Å². The predicted octanol–water partition coefficient (Wildman–Crippen LogP) is 1.77. The molecule has 0 bridgehead atoms. The normalized spacial score (nSPS) is 11.2. The minimum Gasteiger partial charge on any atom is -0.480 e. The number of benzene rings is 1. The maximum absolute atomic E-state index is 10.8. The molecule has 0 saturated heterocycles. The Balaban J connectivity index is 2.41. The Hall–Kier alpha value is -2.83. The summed E-state index contributed by atoms with van der Waals surface area (Å²) in [7, 11) is 0. The van der Waals surface area contributed by atoms with Crippen molar-refractivity contribution in [2.45, 2.75) is 20.4 Å². The van der Waals surface area contributed by atoms with Gasteiger partial charge < -0.3 is 14.8 Å². The van der Waals surface area contributed by atoms with Gasteiger partial charge in [0.1, 0.15) is 13.1 Å². The molecule has 0 amide bonds.